The van der Waals surface area contributed by atoms with Crippen molar-refractivity contribution in [2.45, 2.75) is 13.3 Å². The van der Waals surface area contributed by atoms with Crippen LogP contribution >= 0.6 is 22.9 Å². The number of carbonyl (C=O) groups is 2. The second-order valence-corrected chi connectivity index (χ2v) is 7.79. The first-order valence-corrected chi connectivity index (χ1v) is 10.8. The summed E-state index contributed by atoms with van der Waals surface area (Å²) in [7, 11) is 0. The van der Waals surface area contributed by atoms with Crippen LogP contribution in [0.5, 0.6) is 0 Å². The highest BCUT2D eigenvalue weighted by atomic mass is 35.5. The van der Waals surface area contributed by atoms with Gasteiger partial charge in [-0.3, -0.25) is 9.59 Å². The molecule has 0 saturated carbocycles. The topological polar surface area (TPSA) is 80.3 Å². The van der Waals surface area contributed by atoms with Crippen LogP contribution in [0.25, 0.3) is 10.6 Å². The van der Waals surface area contributed by atoms with Gasteiger partial charge < -0.3 is 15.4 Å². The molecule has 0 spiro atoms. The van der Waals surface area contributed by atoms with Crippen LogP contribution in [-0.2, 0) is 4.74 Å². The van der Waals surface area contributed by atoms with Gasteiger partial charge in [0.2, 0.25) is 0 Å². The minimum Gasteiger partial charge on any atom is -0.382 e. The maximum atomic E-state index is 12.6. The molecule has 30 heavy (non-hydrogen) atoms. The molecular weight excluding hydrogens is 422 g/mol. The molecule has 0 fully saturated rings. The lowest BCUT2D eigenvalue weighted by Crippen LogP contribution is -2.25. The molecule has 6 nitrogen and oxygen atoms in total. The number of hydrogen-bond donors (Lipinski definition) is 2. The van der Waals surface area contributed by atoms with Gasteiger partial charge in [0.15, 0.2) is 0 Å². The fraction of sp³-hybridized carbons (Fsp3) is 0.227. The first-order chi connectivity index (χ1) is 14.6. The van der Waals surface area contributed by atoms with Crippen LogP contribution in [0.4, 0.5) is 5.69 Å². The summed E-state index contributed by atoms with van der Waals surface area (Å²) in [6.45, 7) is 3.73. The highest BCUT2D eigenvalue weighted by Crippen LogP contribution is 2.31. The van der Waals surface area contributed by atoms with Gasteiger partial charge in [-0.1, -0.05) is 35.9 Å². The van der Waals surface area contributed by atoms with Crippen molar-refractivity contribution in [1.82, 2.24) is 10.3 Å². The van der Waals surface area contributed by atoms with Gasteiger partial charge in [-0.05, 0) is 37.6 Å². The van der Waals surface area contributed by atoms with Crippen molar-refractivity contribution < 1.29 is 14.3 Å². The van der Waals surface area contributed by atoms with Crippen LogP contribution in [0.2, 0.25) is 5.02 Å². The Balaban J connectivity index is 1.61. The van der Waals surface area contributed by atoms with Gasteiger partial charge in [0.05, 0.1) is 11.2 Å². The molecule has 1 aromatic heterocycles. The van der Waals surface area contributed by atoms with E-state index < -0.39 is 0 Å². The highest BCUT2D eigenvalue weighted by Gasteiger charge is 2.14. The summed E-state index contributed by atoms with van der Waals surface area (Å²) in [5, 5.41) is 6.91. The smallest absolute Gasteiger partial charge is 0.267 e. The molecule has 2 amide bonds. The third-order valence-electron chi connectivity index (χ3n) is 4.17. The third kappa shape index (κ3) is 5.89. The fourth-order valence-corrected chi connectivity index (χ4v) is 3.82. The number of nitrogens with one attached hydrogen (secondary N) is 2. The van der Waals surface area contributed by atoms with Gasteiger partial charge >= 0.3 is 0 Å². The van der Waals surface area contributed by atoms with Crippen molar-refractivity contribution in [1.29, 1.82) is 0 Å². The van der Waals surface area contributed by atoms with Gasteiger partial charge in [0.1, 0.15) is 9.88 Å². The Labute approximate surface area is 184 Å². The zero-order valence-corrected chi connectivity index (χ0v) is 18.1. The highest BCUT2D eigenvalue weighted by molar-refractivity contribution is 7.17. The monoisotopic (exact) mass is 443 g/mol. The zero-order chi connectivity index (χ0) is 21.3. The van der Waals surface area contributed by atoms with Gasteiger partial charge in [-0.25, -0.2) is 4.98 Å². The van der Waals surface area contributed by atoms with Crippen LogP contribution in [-0.4, -0.2) is 36.6 Å². The number of rotatable bonds is 9. The summed E-state index contributed by atoms with van der Waals surface area (Å²) < 4.78 is 5.25. The number of hydrogen-bond acceptors (Lipinski definition) is 5. The van der Waals surface area contributed by atoms with Gasteiger partial charge in [-0.15, -0.1) is 11.3 Å². The average Bonchev–Trinajstić information content (AvgIpc) is 3.24. The van der Waals surface area contributed by atoms with E-state index in [0.29, 0.717) is 45.9 Å². The van der Waals surface area contributed by atoms with Crippen LogP contribution in [0.15, 0.2) is 54.7 Å². The number of halogens is 1. The summed E-state index contributed by atoms with van der Waals surface area (Å²) in [5.41, 5.74) is 1.80. The maximum Gasteiger partial charge on any atom is 0.267 e. The molecule has 1 heterocycles. The van der Waals surface area contributed by atoms with Crippen molar-refractivity contribution in [3.05, 3.63) is 70.2 Å². The third-order valence-corrected chi connectivity index (χ3v) is 5.53. The average molecular weight is 444 g/mol. The number of benzene rings is 2. The number of carbonyl (C=O) groups excluding carboxylic acids is 2. The summed E-state index contributed by atoms with van der Waals surface area (Å²) >= 11 is 7.46. The fourth-order valence-electron chi connectivity index (χ4n) is 2.69. The van der Waals surface area contributed by atoms with E-state index in [4.69, 9.17) is 16.3 Å². The van der Waals surface area contributed by atoms with Crippen molar-refractivity contribution in [3.63, 3.8) is 0 Å². The zero-order valence-electron chi connectivity index (χ0n) is 16.5. The van der Waals surface area contributed by atoms with Crippen molar-refractivity contribution in [2.75, 3.05) is 25.1 Å². The van der Waals surface area contributed by atoms with E-state index >= 15 is 0 Å². The molecule has 8 heteroatoms. The predicted octanol–water partition coefficient (Wildman–Crippen LogP) is 4.87. The Morgan fingerprint density at radius 3 is 2.77 bits per heavy atom. The van der Waals surface area contributed by atoms with Gasteiger partial charge in [-0.2, -0.15) is 0 Å². The van der Waals surface area contributed by atoms with Crippen molar-refractivity contribution in [3.8, 4) is 10.6 Å². The molecular formula is C22H22ClN3O3S. The number of ether oxygens (including phenoxy) is 1. The number of nitrogens with zero attached hydrogens (tertiary/aromatic N) is 1. The summed E-state index contributed by atoms with van der Waals surface area (Å²) in [6.07, 6.45) is 2.27. The maximum absolute atomic E-state index is 12.6. The molecule has 0 aliphatic rings. The molecule has 0 unspecified atom stereocenters. The molecule has 0 atom stereocenters. The quantitative estimate of drug-likeness (QED) is 0.462. The largest absolute Gasteiger partial charge is 0.382 e. The summed E-state index contributed by atoms with van der Waals surface area (Å²) in [5.74, 6) is -0.485. The van der Waals surface area contributed by atoms with E-state index in [0.717, 1.165) is 12.0 Å². The van der Waals surface area contributed by atoms with Crippen LogP contribution in [0.1, 0.15) is 33.4 Å². The van der Waals surface area contributed by atoms with Crippen LogP contribution in [0.3, 0.4) is 0 Å². The van der Waals surface area contributed by atoms with E-state index in [1.165, 1.54) is 17.5 Å². The van der Waals surface area contributed by atoms with Crippen LogP contribution < -0.4 is 10.6 Å². The van der Waals surface area contributed by atoms with Gasteiger partial charge in [0, 0.05) is 36.6 Å². The minimum absolute atomic E-state index is 0.193. The van der Waals surface area contributed by atoms with E-state index in [9.17, 15) is 9.59 Å². The van der Waals surface area contributed by atoms with E-state index in [2.05, 4.69) is 15.6 Å². The second-order valence-electron chi connectivity index (χ2n) is 6.35. The van der Waals surface area contributed by atoms with Crippen molar-refractivity contribution in [2.24, 2.45) is 0 Å². The normalized spacial score (nSPS) is 10.6. The first-order valence-electron chi connectivity index (χ1n) is 9.56. The van der Waals surface area contributed by atoms with Crippen LogP contribution in [0, 0.1) is 0 Å². The molecule has 3 aromatic rings. The lowest BCUT2D eigenvalue weighted by atomic mass is 10.2. The lowest BCUT2D eigenvalue weighted by molar-refractivity contribution is 0.0943. The molecule has 2 aromatic carbocycles. The van der Waals surface area contributed by atoms with E-state index in [-0.39, 0.29) is 11.8 Å². The molecule has 0 saturated heterocycles. The Morgan fingerprint density at radius 2 is 1.97 bits per heavy atom. The standard InChI is InChI=1S/C22H22ClN3O3S/c1-2-29-12-6-11-24-20(27)15-7-5-8-16(13-15)26-21(28)19-14-25-22(30-19)17-9-3-4-10-18(17)23/h3-5,7-10,13-14H,2,6,11-12H2,1H3,(H,24,27)(H,26,28). The molecule has 2 N–H and O–H groups in total. The van der Waals surface area contributed by atoms with E-state index in [1.807, 2.05) is 25.1 Å². The molecule has 0 bridgehead atoms. The number of amides is 2. The Bertz CT molecular complexity index is 1020. The van der Waals surface area contributed by atoms with Gasteiger partial charge in [0.25, 0.3) is 11.8 Å². The molecule has 0 aliphatic heterocycles. The SMILES string of the molecule is CCOCCCNC(=O)c1cccc(NC(=O)c2cnc(-c3ccccc3Cl)s2)c1. The Kier molecular flexibility index (Phi) is 7.96. The first kappa shape index (κ1) is 22.0. The summed E-state index contributed by atoms with van der Waals surface area (Å²) in [4.78, 5) is 29.7. The Morgan fingerprint density at radius 1 is 1.13 bits per heavy atom. The number of aromatic nitrogens is 1. The van der Waals surface area contributed by atoms with E-state index in [1.54, 1.807) is 30.3 Å². The molecule has 0 aliphatic carbocycles. The molecule has 0 radical (unpaired) electrons. The second kappa shape index (κ2) is 10.9. The lowest BCUT2D eigenvalue weighted by Gasteiger charge is -2.08. The minimum atomic E-state index is -0.292. The number of thiazole rings is 1. The number of anilines is 1. The summed E-state index contributed by atoms with van der Waals surface area (Å²) in [6, 6.07) is 14.2. The van der Waals surface area contributed by atoms with Crippen molar-refractivity contribution >= 4 is 40.4 Å². The molecule has 156 valence electrons. The molecule has 3 rings (SSSR count). The predicted molar refractivity (Wildman–Crippen MR) is 120 cm³/mol. The Hall–Kier alpha value is -2.74.